The molecule has 0 unspecified atom stereocenters. The Morgan fingerprint density at radius 3 is 0.750 bits per heavy atom. The Balaban J connectivity index is 1.36. The molecule has 88 heavy (non-hydrogen) atoms. The molecule has 9 rings (SSSR count). The van der Waals surface area contributed by atoms with E-state index in [0.29, 0.717) is 112 Å². The van der Waals surface area contributed by atoms with Gasteiger partial charge in [-0.3, -0.25) is 38.4 Å². The lowest BCUT2D eigenvalue weighted by Crippen LogP contribution is -2.41. The van der Waals surface area contributed by atoms with E-state index in [1.165, 1.54) is 27.7 Å². The summed E-state index contributed by atoms with van der Waals surface area (Å²) in [6.07, 6.45) is 7.26. The smallest absolute Gasteiger partial charge is 0.243 e. The van der Waals surface area contributed by atoms with Gasteiger partial charge in [-0.1, -0.05) is 72.8 Å². The minimum Gasteiger partial charge on any atom is -0.354 e. The van der Waals surface area contributed by atoms with Crippen LogP contribution in [0.2, 0.25) is 0 Å². The zero-order valence-corrected chi connectivity index (χ0v) is 48.5. The van der Waals surface area contributed by atoms with Gasteiger partial charge >= 0.3 is 0 Å². The third-order valence-electron chi connectivity index (χ3n) is 14.0. The van der Waals surface area contributed by atoms with Crippen molar-refractivity contribution in [3.8, 4) is 44.5 Å². The van der Waals surface area contributed by atoms with E-state index >= 15 is 0 Å². The SMILES string of the molecule is C[C@H](N)C(=O)NCC(=O)Nc1ccccc1-c1c2nc(c(-c3ccccc3NC(=O)CNC(=O)[C@H](C)N)c3ccc([nH]3)c(-c3ccccc3NC(=O)CNC(=O)[C@H](C)N)c3nc(c(-c4ccccc4NC(=O)CNC(=O)[C@H](C)N)c4ccc1[nH]4)C=C3)C=C2. The number of amides is 8. The van der Waals surface area contributed by atoms with E-state index in [1.54, 1.807) is 72.8 Å². The first-order valence-corrected chi connectivity index (χ1v) is 28.1. The molecule has 0 radical (unpaired) electrons. The molecule has 2 aliphatic heterocycles. The minimum absolute atomic E-state index is 0.361. The Hall–Kier alpha value is -10.9. The number of hydrogen-bond acceptors (Lipinski definition) is 14. The average molecular weight is 1190 g/mol. The summed E-state index contributed by atoms with van der Waals surface area (Å²) in [4.78, 5) is 123. The number of H-pyrrole nitrogens is 2. The van der Waals surface area contributed by atoms with Gasteiger partial charge in [0.25, 0.3) is 0 Å². The van der Waals surface area contributed by atoms with E-state index in [9.17, 15) is 38.4 Å². The predicted molar refractivity (Wildman–Crippen MR) is 342 cm³/mol. The van der Waals surface area contributed by atoms with Gasteiger partial charge in [-0.25, -0.2) is 9.97 Å². The first-order valence-electron chi connectivity index (χ1n) is 28.1. The molecule has 8 amide bonds. The molecule has 2 aliphatic rings. The molecule has 4 atom stereocenters. The fraction of sp³-hybridized carbons (Fsp3) is 0.188. The monoisotopic (exact) mass is 1190 g/mol. The number of anilines is 4. The Labute approximate surface area is 504 Å². The third kappa shape index (κ3) is 14.4. The summed E-state index contributed by atoms with van der Waals surface area (Å²) >= 11 is 0. The zero-order valence-electron chi connectivity index (χ0n) is 48.5. The number of fused-ring (bicyclic) bond motifs is 8. The predicted octanol–water partition coefficient (Wildman–Crippen LogP) is 4.93. The van der Waals surface area contributed by atoms with E-state index in [0.717, 1.165) is 0 Å². The van der Waals surface area contributed by atoms with Crippen molar-refractivity contribution >= 4 is 116 Å². The van der Waals surface area contributed by atoms with Gasteiger partial charge in [0, 0.05) is 89.3 Å². The molecule has 18 N–H and O–H groups in total. The number of rotatable bonds is 20. The highest BCUT2D eigenvalue weighted by molar-refractivity contribution is 6.09. The molecule has 450 valence electrons. The van der Waals surface area contributed by atoms with Crippen LogP contribution in [0, 0.1) is 0 Å². The number of para-hydroxylation sites is 4. The highest BCUT2D eigenvalue weighted by Gasteiger charge is 2.25. The number of aromatic amines is 2. The molecule has 0 saturated heterocycles. The van der Waals surface area contributed by atoms with E-state index < -0.39 is 71.4 Å². The standard InChI is InChI=1S/C64H66N16O8/c1-33(65)61(85)69-29-53(81)77-41-17-9-5-13-37(41)57-45-21-23-47(73-45)58(38-14-6-10-18-42(38)78-54(82)30-70-62(86)34(2)66)49-25-27-51(75-49)60(40-16-8-12-20-44(40)80-56(84)32-72-64(88)36(4)68)52-28-26-50(76-52)59(48-24-22-46(57)74-48)39-15-7-11-19-43(39)79-55(83)31-71-63(87)35(3)67/h5-28,33-36,73,76H,29-32,65-68H2,1-4H3,(H,69,85)(H,70,86)(H,71,87)(H,72,88)(H,77,81)(H,78,82)(H,79,83)(H,80,84)/t33-,34-,35-,36-/m0/s1. The van der Waals surface area contributed by atoms with E-state index in [-0.39, 0.29) is 26.2 Å². The van der Waals surface area contributed by atoms with Crippen molar-refractivity contribution in [3.63, 3.8) is 0 Å². The first-order chi connectivity index (χ1) is 42.2. The number of nitrogens with zero attached hydrogens (tertiary/aromatic N) is 2. The number of nitrogens with one attached hydrogen (secondary N) is 10. The van der Waals surface area contributed by atoms with Gasteiger partial charge in [-0.05, 0) is 101 Å². The van der Waals surface area contributed by atoms with Gasteiger partial charge in [0.1, 0.15) is 0 Å². The van der Waals surface area contributed by atoms with Gasteiger partial charge in [0.2, 0.25) is 47.3 Å². The molecule has 4 aromatic carbocycles. The van der Waals surface area contributed by atoms with Crippen LogP contribution in [-0.2, 0) is 38.4 Å². The Morgan fingerprint density at radius 1 is 0.341 bits per heavy atom. The summed E-state index contributed by atoms with van der Waals surface area (Å²) in [5.74, 6) is -4.23. The number of hydrogen-bond donors (Lipinski definition) is 14. The van der Waals surface area contributed by atoms with E-state index in [4.69, 9.17) is 32.9 Å². The van der Waals surface area contributed by atoms with E-state index in [1.807, 2.05) is 72.8 Å². The highest BCUT2D eigenvalue weighted by atomic mass is 16.2. The Morgan fingerprint density at radius 2 is 0.545 bits per heavy atom. The second kappa shape index (κ2) is 27.4. The molecule has 8 bridgehead atoms. The van der Waals surface area contributed by atoms with Gasteiger partial charge in [-0.2, -0.15) is 0 Å². The van der Waals surface area contributed by atoms with Crippen molar-refractivity contribution < 1.29 is 38.4 Å². The van der Waals surface area contributed by atoms with Crippen LogP contribution in [0.15, 0.2) is 121 Å². The van der Waals surface area contributed by atoms with Crippen LogP contribution >= 0.6 is 0 Å². The first kappa shape index (κ1) is 61.6. The van der Waals surface area contributed by atoms with Crippen molar-refractivity contribution in [2.45, 2.75) is 51.9 Å². The summed E-state index contributed by atoms with van der Waals surface area (Å²) in [6.45, 7) is 4.51. The van der Waals surface area contributed by atoms with Gasteiger partial charge < -0.3 is 75.4 Å². The van der Waals surface area contributed by atoms with Crippen molar-refractivity contribution in [1.82, 2.24) is 41.2 Å². The molecule has 7 aromatic rings. The molecular formula is C64H66N16O8. The maximum Gasteiger partial charge on any atom is 0.243 e. The van der Waals surface area contributed by atoms with Gasteiger partial charge in [0.05, 0.1) is 73.1 Å². The maximum atomic E-state index is 13.7. The molecule has 0 aliphatic carbocycles. The summed E-state index contributed by atoms with van der Waals surface area (Å²) in [6, 6.07) is 32.3. The number of benzene rings is 4. The summed E-state index contributed by atoms with van der Waals surface area (Å²) < 4.78 is 0. The third-order valence-corrected chi connectivity index (χ3v) is 14.0. The van der Waals surface area contributed by atoms with Crippen molar-refractivity contribution in [3.05, 3.63) is 144 Å². The van der Waals surface area contributed by atoms with Crippen LogP contribution in [0.1, 0.15) is 50.5 Å². The van der Waals surface area contributed by atoms with Crippen LogP contribution in [0.25, 0.3) is 90.9 Å². The Kier molecular flexibility index (Phi) is 19.2. The van der Waals surface area contributed by atoms with Crippen LogP contribution in [-0.4, -0.2) is 118 Å². The number of carbonyl (C=O) groups is 8. The number of nitrogens with two attached hydrogens (primary N) is 4. The molecule has 5 heterocycles. The summed E-state index contributed by atoms with van der Waals surface area (Å²) in [5.41, 5.74) is 32.3. The molecule has 0 fully saturated rings. The summed E-state index contributed by atoms with van der Waals surface area (Å²) in [7, 11) is 0. The minimum atomic E-state index is -0.859. The van der Waals surface area contributed by atoms with Crippen molar-refractivity contribution in [1.29, 1.82) is 0 Å². The van der Waals surface area contributed by atoms with Crippen LogP contribution in [0.4, 0.5) is 22.7 Å². The fourth-order valence-electron chi connectivity index (χ4n) is 9.67. The highest BCUT2D eigenvalue weighted by Crippen LogP contribution is 2.43. The lowest BCUT2D eigenvalue weighted by Gasteiger charge is -2.15. The lowest BCUT2D eigenvalue weighted by atomic mass is 10.0. The second-order valence-corrected chi connectivity index (χ2v) is 20.9. The van der Waals surface area contributed by atoms with Crippen molar-refractivity contribution in [2.24, 2.45) is 22.9 Å². The largest absolute Gasteiger partial charge is 0.354 e. The number of carbonyl (C=O) groups excluding carboxylic acids is 8. The lowest BCUT2D eigenvalue weighted by molar-refractivity contribution is -0.124. The Bertz CT molecular complexity index is 3640. The molecule has 0 saturated carbocycles. The quantitative estimate of drug-likeness (QED) is 0.0481. The normalized spacial score (nSPS) is 12.8. The maximum absolute atomic E-state index is 13.7. The topological polar surface area (TPSA) is 394 Å². The van der Waals surface area contributed by atoms with Crippen LogP contribution in [0.3, 0.4) is 0 Å². The van der Waals surface area contributed by atoms with Crippen LogP contribution in [0.5, 0.6) is 0 Å². The molecule has 3 aromatic heterocycles. The van der Waals surface area contributed by atoms with Crippen molar-refractivity contribution in [2.75, 3.05) is 47.4 Å². The van der Waals surface area contributed by atoms with E-state index in [2.05, 4.69) is 52.5 Å². The average Bonchev–Trinajstić information content (AvgIpc) is 3.54. The second-order valence-electron chi connectivity index (χ2n) is 20.9. The molecule has 0 spiro atoms. The van der Waals surface area contributed by atoms with Crippen LogP contribution < -0.4 is 65.5 Å². The molecule has 24 nitrogen and oxygen atoms in total. The van der Waals surface area contributed by atoms with Gasteiger partial charge in [-0.15, -0.1) is 0 Å². The molecular weight excluding hydrogens is 1120 g/mol. The summed E-state index contributed by atoms with van der Waals surface area (Å²) in [5, 5.41) is 22.1. The number of aromatic nitrogens is 4. The molecule has 24 heteroatoms. The zero-order chi connectivity index (χ0) is 62.8. The van der Waals surface area contributed by atoms with Gasteiger partial charge in [0.15, 0.2) is 0 Å². The fourth-order valence-corrected chi connectivity index (χ4v) is 9.67.